The Morgan fingerprint density at radius 1 is 0.472 bits per heavy atom. The Morgan fingerprint density at radius 2 is 0.972 bits per heavy atom. The van der Waals surface area contributed by atoms with Gasteiger partial charge in [0.15, 0.2) is 8.67 Å². The molecular formula is C32H22Cl4. The molecular weight excluding hydrogens is 526 g/mol. The second-order valence-electron chi connectivity index (χ2n) is 9.30. The van der Waals surface area contributed by atoms with Crippen LogP contribution in [-0.4, -0.2) is 4.33 Å². The van der Waals surface area contributed by atoms with Crippen LogP contribution in [0.4, 0.5) is 0 Å². The van der Waals surface area contributed by atoms with Crippen molar-refractivity contribution in [2.45, 2.75) is 21.5 Å². The van der Waals surface area contributed by atoms with E-state index in [2.05, 4.69) is 97.1 Å². The van der Waals surface area contributed by atoms with Crippen molar-refractivity contribution in [2.75, 3.05) is 0 Å². The van der Waals surface area contributed by atoms with Crippen LogP contribution in [0.25, 0.3) is 43.1 Å². The highest BCUT2D eigenvalue weighted by molar-refractivity contribution is 6.62. The first-order chi connectivity index (χ1) is 17.3. The lowest BCUT2D eigenvalue weighted by molar-refractivity contribution is 0.587. The normalized spacial score (nSPS) is 16.0. The van der Waals surface area contributed by atoms with Crippen LogP contribution in [0.15, 0.2) is 109 Å². The smallest absolute Gasteiger partial charge is 0.0979 e. The van der Waals surface area contributed by atoms with Crippen molar-refractivity contribution in [1.82, 2.24) is 0 Å². The van der Waals surface area contributed by atoms with E-state index < -0.39 is 8.67 Å². The summed E-state index contributed by atoms with van der Waals surface area (Å²) in [5.41, 5.74) is 1.96. The maximum absolute atomic E-state index is 6.51. The molecule has 6 aromatic carbocycles. The van der Waals surface area contributed by atoms with E-state index in [1.54, 1.807) is 0 Å². The molecule has 7 rings (SSSR count). The molecule has 0 spiro atoms. The quantitative estimate of drug-likeness (QED) is 0.101. The van der Waals surface area contributed by atoms with E-state index in [0.717, 1.165) is 17.5 Å². The van der Waals surface area contributed by atoms with Crippen LogP contribution < -0.4 is 0 Å². The molecule has 0 atom stereocenters. The number of benzene rings is 6. The summed E-state index contributed by atoms with van der Waals surface area (Å²) in [5, 5.41) is 10.1. The molecule has 6 aromatic rings. The number of halogens is 4. The maximum atomic E-state index is 6.51. The highest BCUT2D eigenvalue weighted by Gasteiger charge is 2.52. The third-order valence-corrected chi connectivity index (χ3v) is 9.52. The molecule has 0 saturated heterocycles. The summed E-state index contributed by atoms with van der Waals surface area (Å²) in [6.45, 7) is 0. The minimum absolute atomic E-state index is 0.530. The molecule has 0 bridgehead atoms. The molecule has 0 heterocycles. The van der Waals surface area contributed by atoms with Crippen molar-refractivity contribution in [3.8, 4) is 0 Å². The highest BCUT2D eigenvalue weighted by atomic mass is 35.5. The molecule has 0 unspecified atom stereocenters. The van der Waals surface area contributed by atoms with Crippen LogP contribution in [0.2, 0.25) is 0 Å². The van der Waals surface area contributed by atoms with Gasteiger partial charge in [-0.1, -0.05) is 143 Å². The Morgan fingerprint density at radius 3 is 1.56 bits per heavy atom. The topological polar surface area (TPSA) is 0 Å². The Hall–Kier alpha value is -2.48. The van der Waals surface area contributed by atoms with Gasteiger partial charge >= 0.3 is 0 Å². The van der Waals surface area contributed by atoms with Crippen LogP contribution in [-0.2, 0) is 10.8 Å². The van der Waals surface area contributed by atoms with E-state index in [9.17, 15) is 0 Å². The summed E-state index contributed by atoms with van der Waals surface area (Å²) >= 11 is 25.7. The molecule has 0 saturated carbocycles. The van der Waals surface area contributed by atoms with Crippen LogP contribution in [0.1, 0.15) is 17.5 Å². The maximum Gasteiger partial charge on any atom is 0.176 e. The molecule has 178 valence electrons. The number of alkyl halides is 4. The van der Waals surface area contributed by atoms with Gasteiger partial charge in [-0.3, -0.25) is 0 Å². The molecule has 36 heavy (non-hydrogen) atoms. The third kappa shape index (κ3) is 4.01. The zero-order valence-electron chi connectivity index (χ0n) is 19.3. The van der Waals surface area contributed by atoms with Gasteiger partial charge < -0.3 is 0 Å². The minimum atomic E-state index is -1.30. The molecule has 0 radical (unpaired) electrons. The predicted octanol–water partition coefficient (Wildman–Crippen LogP) is 10.7. The summed E-state index contributed by atoms with van der Waals surface area (Å²) < 4.78 is -2.48. The molecule has 0 aliphatic heterocycles. The lowest BCUT2D eigenvalue weighted by Crippen LogP contribution is -2.38. The lowest BCUT2D eigenvalue weighted by Gasteiger charge is -2.39. The zero-order valence-corrected chi connectivity index (χ0v) is 22.3. The van der Waals surface area contributed by atoms with Crippen LogP contribution in [0.3, 0.4) is 0 Å². The number of hydrogen-bond donors (Lipinski definition) is 0. The van der Waals surface area contributed by atoms with E-state index in [-0.39, 0.29) is 0 Å². The van der Waals surface area contributed by atoms with Crippen molar-refractivity contribution in [2.24, 2.45) is 0 Å². The monoisotopic (exact) mass is 546 g/mol. The van der Waals surface area contributed by atoms with Gasteiger partial charge in [0.2, 0.25) is 0 Å². The van der Waals surface area contributed by atoms with Gasteiger partial charge in [0.1, 0.15) is 0 Å². The van der Waals surface area contributed by atoms with Crippen LogP contribution >= 0.6 is 46.4 Å². The van der Waals surface area contributed by atoms with Gasteiger partial charge in [0.05, 0.1) is 0 Å². The number of hydrogen-bond acceptors (Lipinski definition) is 0. The van der Waals surface area contributed by atoms with Crippen molar-refractivity contribution < 1.29 is 0 Å². The summed E-state index contributed by atoms with van der Waals surface area (Å²) in [6, 6.07) is 38.1. The molecule has 1 aliphatic rings. The van der Waals surface area contributed by atoms with Gasteiger partial charge in [0.25, 0.3) is 0 Å². The fourth-order valence-corrected chi connectivity index (χ4v) is 6.17. The standard InChI is InChI=1S/C18H12Cl4.C14H10/c19-17(20)10-9-15-14-6-5-11-3-1-2-4-12(11)13(14)7-8-16(15)18(17,21)22;1-2-6-12-10-14-8-4-3-7-13(14)9-11(12)5-1/h1-8H,9-10H2;1-10H. The largest absolute Gasteiger partial charge is 0.176 e. The summed E-state index contributed by atoms with van der Waals surface area (Å²) in [7, 11) is 0. The lowest BCUT2D eigenvalue weighted by atomic mass is 9.85. The fourth-order valence-electron chi connectivity index (χ4n) is 5.23. The molecule has 0 fully saturated rings. The van der Waals surface area contributed by atoms with Crippen molar-refractivity contribution in [3.05, 3.63) is 120 Å². The Bertz CT molecular complexity index is 1650. The number of aryl methyl sites for hydroxylation is 1. The Balaban J connectivity index is 0.000000147. The van der Waals surface area contributed by atoms with Crippen molar-refractivity contribution in [3.63, 3.8) is 0 Å². The van der Waals surface area contributed by atoms with Gasteiger partial charge in [-0.05, 0) is 79.2 Å². The molecule has 4 heteroatoms. The van der Waals surface area contributed by atoms with Crippen molar-refractivity contribution in [1.29, 1.82) is 0 Å². The van der Waals surface area contributed by atoms with E-state index in [4.69, 9.17) is 46.4 Å². The second kappa shape index (κ2) is 9.12. The van der Waals surface area contributed by atoms with Crippen LogP contribution in [0.5, 0.6) is 0 Å². The first-order valence-corrected chi connectivity index (χ1v) is 13.4. The first-order valence-electron chi connectivity index (χ1n) is 11.9. The van der Waals surface area contributed by atoms with Crippen LogP contribution in [0, 0.1) is 0 Å². The van der Waals surface area contributed by atoms with E-state index in [1.807, 2.05) is 12.1 Å². The number of rotatable bonds is 0. The Labute approximate surface area is 230 Å². The molecule has 0 aromatic heterocycles. The zero-order chi connectivity index (χ0) is 24.9. The average Bonchev–Trinajstić information content (AvgIpc) is 2.89. The fraction of sp³-hybridized carbons (Fsp3) is 0.125. The molecule has 1 aliphatic carbocycles. The summed E-state index contributed by atoms with van der Waals surface area (Å²) in [5.74, 6) is 0. The van der Waals surface area contributed by atoms with E-state index in [1.165, 1.54) is 43.1 Å². The molecule has 0 nitrogen and oxygen atoms in total. The Kier molecular flexibility index (Phi) is 6.05. The third-order valence-electron chi connectivity index (χ3n) is 7.14. The molecule has 0 N–H and O–H groups in total. The highest BCUT2D eigenvalue weighted by Crippen LogP contribution is 2.57. The molecule has 0 amide bonds. The minimum Gasteiger partial charge on any atom is -0.0979 e. The van der Waals surface area contributed by atoms with Gasteiger partial charge in [-0.2, -0.15) is 0 Å². The number of fused-ring (bicyclic) bond motifs is 7. The van der Waals surface area contributed by atoms with Gasteiger partial charge in [-0.25, -0.2) is 0 Å². The predicted molar refractivity (Wildman–Crippen MR) is 159 cm³/mol. The first kappa shape index (κ1) is 23.9. The van der Waals surface area contributed by atoms with Gasteiger partial charge in [0, 0.05) is 0 Å². The second-order valence-corrected chi connectivity index (χ2v) is 12.1. The van der Waals surface area contributed by atoms with Gasteiger partial charge in [-0.15, -0.1) is 0 Å². The van der Waals surface area contributed by atoms with Crippen molar-refractivity contribution >= 4 is 89.5 Å². The summed E-state index contributed by atoms with van der Waals surface area (Å²) in [6.07, 6.45) is 1.29. The summed E-state index contributed by atoms with van der Waals surface area (Å²) in [4.78, 5) is 0. The average molecular weight is 548 g/mol. The van der Waals surface area contributed by atoms with E-state index >= 15 is 0 Å². The van der Waals surface area contributed by atoms with E-state index in [0.29, 0.717) is 6.42 Å². The SMILES string of the molecule is ClC1(Cl)CCc2c(ccc3c2ccc2ccccc23)C1(Cl)Cl.c1ccc2cc3ccccc3cc2c1.